The molecule has 0 aliphatic heterocycles. The van der Waals surface area contributed by atoms with Crippen molar-refractivity contribution in [2.45, 2.75) is 52.4 Å². The highest BCUT2D eigenvalue weighted by Crippen LogP contribution is 2.45. The van der Waals surface area contributed by atoms with Crippen LogP contribution in [0.3, 0.4) is 0 Å². The maximum Gasteiger partial charge on any atom is 0.136 e. The van der Waals surface area contributed by atoms with Crippen molar-refractivity contribution in [1.82, 2.24) is 0 Å². The molecule has 0 radical (unpaired) electrons. The van der Waals surface area contributed by atoms with Gasteiger partial charge in [0, 0.05) is 12.3 Å². The number of carbonyl (C=O) groups excluding carboxylic acids is 1. The van der Waals surface area contributed by atoms with Gasteiger partial charge in [-0.05, 0) is 43.4 Å². The number of ketones is 1. The predicted octanol–water partition coefficient (Wildman–Crippen LogP) is 3.43. The average molecular weight is 194 g/mol. The Hall–Kier alpha value is -0.330. The minimum atomic E-state index is 0.398. The van der Waals surface area contributed by atoms with Crippen LogP contribution in [0.15, 0.2) is 0 Å². The molecule has 0 saturated heterocycles. The summed E-state index contributed by atoms with van der Waals surface area (Å²) in [4.78, 5) is 11.9. The molecule has 80 valence electrons. The van der Waals surface area contributed by atoms with Crippen molar-refractivity contribution < 1.29 is 4.79 Å². The molecule has 14 heavy (non-hydrogen) atoms. The summed E-state index contributed by atoms with van der Waals surface area (Å²) in [6.45, 7) is 4.44. The Labute approximate surface area is 87.3 Å². The van der Waals surface area contributed by atoms with E-state index in [1.807, 2.05) is 0 Å². The summed E-state index contributed by atoms with van der Waals surface area (Å²) in [7, 11) is 0. The molecule has 2 fully saturated rings. The van der Waals surface area contributed by atoms with Crippen LogP contribution in [-0.2, 0) is 4.79 Å². The molecule has 0 aromatic rings. The first-order valence-electron chi connectivity index (χ1n) is 6.25. The van der Waals surface area contributed by atoms with Gasteiger partial charge in [-0.1, -0.05) is 20.3 Å². The zero-order chi connectivity index (χ0) is 10.1. The summed E-state index contributed by atoms with van der Waals surface area (Å²) in [6.07, 6.45) is 7.35. The first-order chi connectivity index (χ1) is 6.72. The first kappa shape index (κ1) is 10.2. The van der Waals surface area contributed by atoms with E-state index in [0.717, 1.165) is 24.7 Å². The number of Topliss-reactive ketones (excluding diaryl/α,β-unsaturated/α-hetero) is 1. The normalized spacial score (nSPS) is 35.7. The van der Waals surface area contributed by atoms with Crippen LogP contribution in [0.1, 0.15) is 52.4 Å². The van der Waals surface area contributed by atoms with Crippen molar-refractivity contribution in [3.63, 3.8) is 0 Å². The summed E-state index contributed by atoms with van der Waals surface area (Å²) in [5, 5.41) is 0. The van der Waals surface area contributed by atoms with Crippen LogP contribution in [0.2, 0.25) is 0 Å². The predicted molar refractivity (Wildman–Crippen MR) is 58.0 cm³/mol. The Balaban J connectivity index is 1.89. The second kappa shape index (κ2) is 4.04. The van der Waals surface area contributed by atoms with Crippen molar-refractivity contribution in [3.8, 4) is 0 Å². The van der Waals surface area contributed by atoms with Gasteiger partial charge in [0.2, 0.25) is 0 Å². The van der Waals surface area contributed by atoms with Crippen LogP contribution in [0, 0.1) is 23.7 Å². The van der Waals surface area contributed by atoms with Crippen LogP contribution in [0.25, 0.3) is 0 Å². The van der Waals surface area contributed by atoms with Gasteiger partial charge in [0.1, 0.15) is 5.78 Å². The van der Waals surface area contributed by atoms with Gasteiger partial charge in [0.15, 0.2) is 0 Å². The molecule has 2 aliphatic rings. The fraction of sp³-hybridized carbons (Fsp3) is 0.923. The van der Waals surface area contributed by atoms with Crippen molar-refractivity contribution in [2.75, 3.05) is 0 Å². The molecule has 0 N–H and O–H groups in total. The van der Waals surface area contributed by atoms with Crippen molar-refractivity contribution in [3.05, 3.63) is 0 Å². The van der Waals surface area contributed by atoms with E-state index in [0.29, 0.717) is 17.6 Å². The van der Waals surface area contributed by atoms with E-state index in [1.54, 1.807) is 0 Å². The molecular weight excluding hydrogens is 172 g/mol. The highest BCUT2D eigenvalue weighted by atomic mass is 16.1. The molecule has 2 aliphatic carbocycles. The van der Waals surface area contributed by atoms with E-state index < -0.39 is 0 Å². The van der Waals surface area contributed by atoms with Crippen LogP contribution in [0.5, 0.6) is 0 Å². The van der Waals surface area contributed by atoms with Crippen LogP contribution in [-0.4, -0.2) is 5.78 Å². The first-order valence-corrected chi connectivity index (χ1v) is 6.25. The van der Waals surface area contributed by atoms with Gasteiger partial charge in [0.05, 0.1) is 0 Å². The third kappa shape index (κ3) is 2.02. The highest BCUT2D eigenvalue weighted by Gasteiger charge is 2.38. The number of hydrogen-bond acceptors (Lipinski definition) is 1. The highest BCUT2D eigenvalue weighted by molar-refractivity contribution is 5.82. The average Bonchev–Trinajstić information content (AvgIpc) is 3.00. The van der Waals surface area contributed by atoms with E-state index in [1.165, 1.54) is 25.7 Å². The Morgan fingerprint density at radius 1 is 1.21 bits per heavy atom. The van der Waals surface area contributed by atoms with Gasteiger partial charge < -0.3 is 0 Å². The fourth-order valence-corrected chi connectivity index (χ4v) is 2.92. The maximum atomic E-state index is 11.9. The van der Waals surface area contributed by atoms with Crippen LogP contribution < -0.4 is 0 Å². The van der Waals surface area contributed by atoms with Gasteiger partial charge in [-0.15, -0.1) is 0 Å². The second-order valence-corrected chi connectivity index (χ2v) is 5.34. The summed E-state index contributed by atoms with van der Waals surface area (Å²) in [5.41, 5.74) is 0. The smallest absolute Gasteiger partial charge is 0.136 e. The fourth-order valence-electron chi connectivity index (χ4n) is 2.92. The van der Waals surface area contributed by atoms with E-state index in [-0.39, 0.29) is 0 Å². The lowest BCUT2D eigenvalue weighted by molar-refractivity contribution is -0.128. The Morgan fingerprint density at radius 3 is 2.36 bits per heavy atom. The van der Waals surface area contributed by atoms with Gasteiger partial charge >= 0.3 is 0 Å². The molecule has 0 heterocycles. The molecule has 0 aromatic heterocycles. The molecule has 2 rings (SSSR count). The SMILES string of the molecule is CCC(C)C1CCC(C2CC2)CC1=O. The number of carbonyl (C=O) groups is 1. The van der Waals surface area contributed by atoms with Crippen LogP contribution >= 0.6 is 0 Å². The third-order valence-electron chi connectivity index (χ3n) is 4.34. The van der Waals surface area contributed by atoms with Crippen LogP contribution in [0.4, 0.5) is 0 Å². The molecular formula is C13H22O. The van der Waals surface area contributed by atoms with Crippen molar-refractivity contribution >= 4 is 5.78 Å². The molecule has 0 spiro atoms. The van der Waals surface area contributed by atoms with E-state index >= 15 is 0 Å². The molecule has 1 nitrogen and oxygen atoms in total. The lowest BCUT2D eigenvalue weighted by Gasteiger charge is -2.30. The molecule has 0 aromatic carbocycles. The Morgan fingerprint density at radius 2 is 1.86 bits per heavy atom. The van der Waals surface area contributed by atoms with Gasteiger partial charge in [-0.25, -0.2) is 0 Å². The lowest BCUT2D eigenvalue weighted by atomic mass is 9.73. The summed E-state index contributed by atoms with van der Waals surface area (Å²) in [5.74, 6) is 3.28. The molecule has 2 saturated carbocycles. The second-order valence-electron chi connectivity index (χ2n) is 5.34. The topological polar surface area (TPSA) is 17.1 Å². The zero-order valence-corrected chi connectivity index (χ0v) is 9.46. The molecule has 0 bridgehead atoms. The monoisotopic (exact) mass is 194 g/mol. The van der Waals surface area contributed by atoms with E-state index in [9.17, 15) is 4.79 Å². The third-order valence-corrected chi connectivity index (χ3v) is 4.34. The standard InChI is InChI=1S/C13H22O/c1-3-9(2)12-7-6-11(8-13(12)14)10-4-5-10/h9-12H,3-8H2,1-2H3. The van der Waals surface area contributed by atoms with Crippen molar-refractivity contribution in [1.29, 1.82) is 0 Å². The van der Waals surface area contributed by atoms with E-state index in [4.69, 9.17) is 0 Å². The van der Waals surface area contributed by atoms with Gasteiger partial charge in [-0.2, -0.15) is 0 Å². The minimum Gasteiger partial charge on any atom is -0.299 e. The minimum absolute atomic E-state index is 0.398. The lowest BCUT2D eigenvalue weighted by Crippen LogP contribution is -2.30. The van der Waals surface area contributed by atoms with E-state index in [2.05, 4.69) is 13.8 Å². The summed E-state index contributed by atoms with van der Waals surface area (Å²) in [6, 6.07) is 0. The molecule has 3 unspecified atom stereocenters. The summed E-state index contributed by atoms with van der Waals surface area (Å²) >= 11 is 0. The molecule has 3 atom stereocenters. The quantitative estimate of drug-likeness (QED) is 0.672. The number of hydrogen-bond donors (Lipinski definition) is 0. The number of rotatable bonds is 3. The maximum absolute atomic E-state index is 11.9. The summed E-state index contributed by atoms with van der Waals surface area (Å²) < 4.78 is 0. The molecule has 1 heteroatoms. The van der Waals surface area contributed by atoms with Crippen molar-refractivity contribution in [2.24, 2.45) is 23.7 Å². The van der Waals surface area contributed by atoms with Gasteiger partial charge in [-0.3, -0.25) is 4.79 Å². The largest absolute Gasteiger partial charge is 0.299 e. The zero-order valence-electron chi connectivity index (χ0n) is 9.46. The van der Waals surface area contributed by atoms with Gasteiger partial charge in [0.25, 0.3) is 0 Å². The molecule has 0 amide bonds. The Bertz CT molecular complexity index is 217. The Kier molecular flexibility index (Phi) is 2.94.